The van der Waals surface area contributed by atoms with E-state index in [1.165, 1.54) is 22.3 Å². The molecular weight excluding hydrogens is 528 g/mol. The quantitative estimate of drug-likeness (QED) is 0.234. The van der Waals surface area contributed by atoms with Gasteiger partial charge in [0.2, 0.25) is 5.91 Å². The van der Waals surface area contributed by atoms with Crippen LogP contribution in [0, 0.1) is 11.3 Å². The van der Waals surface area contributed by atoms with E-state index in [0.29, 0.717) is 32.4 Å². The second kappa shape index (κ2) is 14.2. The van der Waals surface area contributed by atoms with Crippen molar-refractivity contribution in [3.8, 4) is 11.1 Å². The molecule has 0 saturated carbocycles. The number of hydrogen-bond donors (Lipinski definition) is 2. The molecule has 3 aromatic carbocycles. The number of carbonyl (C=O) groups excluding carboxylic acids is 2. The number of ether oxygens (including phenoxy) is 1. The summed E-state index contributed by atoms with van der Waals surface area (Å²) >= 11 is 0. The predicted octanol–water partition coefficient (Wildman–Crippen LogP) is 6.86. The van der Waals surface area contributed by atoms with Crippen molar-refractivity contribution in [1.82, 2.24) is 10.2 Å². The van der Waals surface area contributed by atoms with Crippen molar-refractivity contribution in [2.24, 2.45) is 11.3 Å². The van der Waals surface area contributed by atoms with Crippen molar-refractivity contribution >= 4 is 18.0 Å². The molecule has 1 aliphatic rings. The minimum absolute atomic E-state index is 0.0106. The number of carboxylic acids is 1. The number of nitrogens with one attached hydrogen (secondary N) is 1. The molecule has 0 saturated heterocycles. The molecule has 0 aliphatic heterocycles. The molecule has 2 amide bonds. The fourth-order valence-corrected chi connectivity index (χ4v) is 5.79. The van der Waals surface area contributed by atoms with Crippen LogP contribution in [0.15, 0.2) is 78.9 Å². The first-order chi connectivity index (χ1) is 20.1. The fourth-order valence-electron chi connectivity index (χ4n) is 5.79. The molecule has 2 N–H and O–H groups in total. The van der Waals surface area contributed by atoms with Crippen LogP contribution >= 0.6 is 0 Å². The highest BCUT2D eigenvalue weighted by Gasteiger charge is 2.29. The molecule has 0 spiro atoms. The van der Waals surface area contributed by atoms with E-state index in [1.54, 1.807) is 4.90 Å². The lowest BCUT2D eigenvalue weighted by Crippen LogP contribution is -2.34. The van der Waals surface area contributed by atoms with Gasteiger partial charge in [0.15, 0.2) is 0 Å². The molecule has 7 heteroatoms. The average molecular weight is 571 g/mol. The topological polar surface area (TPSA) is 95.9 Å². The monoisotopic (exact) mass is 570 g/mol. The molecule has 0 bridgehead atoms. The van der Waals surface area contributed by atoms with E-state index in [0.717, 1.165) is 5.56 Å². The SMILES string of the molecule is CC(C)(C)C(CCNC(=O)OCC1c2ccccc2-c2ccccc21)CCC(=O)N(CCC(=O)O)Cc1ccccc1. The first-order valence-electron chi connectivity index (χ1n) is 14.8. The standard InChI is InChI=1S/C35H42N2O5/c1-35(2,3)26(17-18-32(38)37(22-20-33(39)40)23-25-11-5-4-6-12-25)19-21-36-34(41)42-24-31-29-15-9-7-13-27(29)28-14-8-10-16-30(28)31/h4-16,26,31H,17-24H2,1-3H3,(H,36,41)(H,39,40). The molecule has 1 aliphatic carbocycles. The number of aliphatic carboxylic acids is 1. The zero-order valence-electron chi connectivity index (χ0n) is 24.8. The number of nitrogens with zero attached hydrogens (tertiary/aromatic N) is 1. The number of carbonyl (C=O) groups is 3. The summed E-state index contributed by atoms with van der Waals surface area (Å²) in [6.45, 7) is 7.69. The summed E-state index contributed by atoms with van der Waals surface area (Å²) in [5.74, 6) is -0.795. The Bertz CT molecular complexity index is 1320. The second-order valence-corrected chi connectivity index (χ2v) is 12.1. The molecular formula is C35H42N2O5. The van der Waals surface area contributed by atoms with Crippen molar-refractivity contribution in [2.75, 3.05) is 19.7 Å². The lowest BCUT2D eigenvalue weighted by molar-refractivity contribution is -0.138. The summed E-state index contributed by atoms with van der Waals surface area (Å²) in [4.78, 5) is 38.7. The number of alkyl carbamates (subject to hydrolysis) is 1. The Labute approximate surface area is 248 Å². The van der Waals surface area contributed by atoms with Gasteiger partial charge in [-0.3, -0.25) is 9.59 Å². The van der Waals surface area contributed by atoms with Crippen molar-refractivity contribution in [3.63, 3.8) is 0 Å². The zero-order valence-corrected chi connectivity index (χ0v) is 24.8. The maximum absolute atomic E-state index is 13.2. The van der Waals surface area contributed by atoms with Gasteiger partial charge in [-0.1, -0.05) is 99.6 Å². The zero-order chi connectivity index (χ0) is 30.1. The third kappa shape index (κ3) is 8.21. The lowest BCUT2D eigenvalue weighted by Gasteiger charge is -2.32. The van der Waals surface area contributed by atoms with E-state index in [9.17, 15) is 19.5 Å². The molecule has 42 heavy (non-hydrogen) atoms. The first-order valence-corrected chi connectivity index (χ1v) is 14.8. The van der Waals surface area contributed by atoms with E-state index in [1.807, 2.05) is 54.6 Å². The van der Waals surface area contributed by atoms with E-state index in [2.05, 4.69) is 50.4 Å². The van der Waals surface area contributed by atoms with Gasteiger partial charge in [0.05, 0.1) is 6.42 Å². The highest BCUT2D eigenvalue weighted by atomic mass is 16.5. The highest BCUT2D eigenvalue weighted by Crippen LogP contribution is 2.44. The molecule has 0 radical (unpaired) electrons. The summed E-state index contributed by atoms with van der Waals surface area (Å²) in [6, 6.07) is 26.1. The summed E-state index contributed by atoms with van der Waals surface area (Å²) in [6.07, 6.45) is 1.13. The summed E-state index contributed by atoms with van der Waals surface area (Å²) in [7, 11) is 0. The molecule has 7 nitrogen and oxygen atoms in total. The molecule has 3 aromatic rings. The third-order valence-corrected chi connectivity index (χ3v) is 8.20. The minimum Gasteiger partial charge on any atom is -0.481 e. The van der Waals surface area contributed by atoms with Crippen molar-refractivity contribution in [2.45, 2.75) is 58.9 Å². The molecule has 222 valence electrons. The Morgan fingerprint density at radius 3 is 2.05 bits per heavy atom. The number of amides is 2. The number of fused-ring (bicyclic) bond motifs is 3. The van der Waals surface area contributed by atoms with Gasteiger partial charge in [-0.2, -0.15) is 0 Å². The summed E-state index contributed by atoms with van der Waals surface area (Å²) < 4.78 is 5.68. The molecule has 4 rings (SSSR count). The maximum Gasteiger partial charge on any atom is 0.407 e. The van der Waals surface area contributed by atoms with Gasteiger partial charge in [0.25, 0.3) is 0 Å². The van der Waals surface area contributed by atoms with Crippen LogP contribution in [0.25, 0.3) is 11.1 Å². The van der Waals surface area contributed by atoms with Gasteiger partial charge in [0, 0.05) is 32.0 Å². The van der Waals surface area contributed by atoms with Crippen molar-refractivity contribution < 1.29 is 24.2 Å². The number of rotatable bonds is 13. The molecule has 1 atom stereocenters. The van der Waals surface area contributed by atoms with Gasteiger partial charge in [-0.05, 0) is 52.0 Å². The van der Waals surface area contributed by atoms with Crippen LogP contribution in [0.4, 0.5) is 4.79 Å². The molecule has 0 fully saturated rings. The van der Waals surface area contributed by atoms with Crippen molar-refractivity contribution in [3.05, 3.63) is 95.6 Å². The van der Waals surface area contributed by atoms with E-state index < -0.39 is 12.1 Å². The van der Waals surface area contributed by atoms with Gasteiger partial charge in [0.1, 0.15) is 6.61 Å². The van der Waals surface area contributed by atoms with Crippen LogP contribution in [-0.2, 0) is 20.9 Å². The van der Waals surface area contributed by atoms with Crippen LogP contribution in [0.1, 0.15) is 69.1 Å². The predicted molar refractivity (Wildman–Crippen MR) is 164 cm³/mol. The Balaban J connectivity index is 1.28. The normalized spacial score (nSPS) is 13.1. The fraction of sp³-hybridized carbons (Fsp3) is 0.400. The van der Waals surface area contributed by atoms with E-state index in [4.69, 9.17) is 4.74 Å². The van der Waals surface area contributed by atoms with Crippen molar-refractivity contribution in [1.29, 1.82) is 0 Å². The number of carboxylic acid groups (broad SMARTS) is 1. The van der Waals surface area contributed by atoms with Crippen LogP contribution in [-0.4, -0.2) is 47.7 Å². The van der Waals surface area contributed by atoms with E-state index in [-0.39, 0.29) is 42.7 Å². The first kappa shape index (κ1) is 30.8. The lowest BCUT2D eigenvalue weighted by atomic mass is 9.76. The van der Waals surface area contributed by atoms with Crippen LogP contribution in [0.2, 0.25) is 0 Å². The Morgan fingerprint density at radius 2 is 1.45 bits per heavy atom. The largest absolute Gasteiger partial charge is 0.481 e. The summed E-state index contributed by atoms with van der Waals surface area (Å²) in [5.41, 5.74) is 5.62. The van der Waals surface area contributed by atoms with Gasteiger partial charge in [-0.15, -0.1) is 0 Å². The second-order valence-electron chi connectivity index (χ2n) is 12.1. The summed E-state index contributed by atoms with van der Waals surface area (Å²) in [5, 5.41) is 12.1. The van der Waals surface area contributed by atoms with Gasteiger partial charge < -0.3 is 20.1 Å². The maximum atomic E-state index is 13.2. The van der Waals surface area contributed by atoms with Gasteiger partial charge in [-0.25, -0.2) is 4.79 Å². The number of benzene rings is 3. The minimum atomic E-state index is -0.923. The van der Waals surface area contributed by atoms with Crippen LogP contribution in [0.3, 0.4) is 0 Å². The Hall–Kier alpha value is -4.13. The third-order valence-electron chi connectivity index (χ3n) is 8.20. The number of hydrogen-bond acceptors (Lipinski definition) is 4. The molecule has 1 unspecified atom stereocenters. The van der Waals surface area contributed by atoms with Gasteiger partial charge >= 0.3 is 12.1 Å². The Kier molecular flexibility index (Phi) is 10.4. The average Bonchev–Trinajstić information content (AvgIpc) is 3.29. The van der Waals surface area contributed by atoms with Crippen LogP contribution < -0.4 is 5.32 Å². The van der Waals surface area contributed by atoms with E-state index >= 15 is 0 Å². The molecule has 0 heterocycles. The molecule has 0 aromatic heterocycles. The smallest absolute Gasteiger partial charge is 0.407 e. The Morgan fingerprint density at radius 1 is 0.857 bits per heavy atom. The van der Waals surface area contributed by atoms with Crippen LogP contribution in [0.5, 0.6) is 0 Å². The highest BCUT2D eigenvalue weighted by molar-refractivity contribution is 5.79.